The Kier molecular flexibility index (Phi) is 10.5. The zero-order valence-corrected chi connectivity index (χ0v) is 17.7. The predicted octanol–water partition coefficient (Wildman–Crippen LogP) is -1.94. The number of benzene rings is 1. The summed E-state index contributed by atoms with van der Waals surface area (Å²) >= 11 is 0. The Bertz CT molecular complexity index is 891. The lowest BCUT2D eigenvalue weighted by atomic mass is 10.0. The quantitative estimate of drug-likeness (QED) is 0.170. The topological polar surface area (TPSA) is 225 Å². The van der Waals surface area contributed by atoms with Gasteiger partial charge in [0, 0.05) is 6.42 Å². The van der Waals surface area contributed by atoms with E-state index in [0.29, 0.717) is 5.56 Å². The van der Waals surface area contributed by atoms with E-state index >= 15 is 0 Å². The first kappa shape index (κ1) is 27.0. The average Bonchev–Trinajstić information content (AvgIpc) is 2.72. The molecular formula is C20H26N4O9. The molecule has 0 saturated heterocycles. The molecule has 4 unspecified atom stereocenters. The summed E-state index contributed by atoms with van der Waals surface area (Å²) in [6, 6.07) is 2.87. The summed E-state index contributed by atoms with van der Waals surface area (Å²) in [6.45, 7) is 1.24. The summed E-state index contributed by atoms with van der Waals surface area (Å²) < 4.78 is 0. The Morgan fingerprint density at radius 2 is 1.33 bits per heavy atom. The maximum absolute atomic E-state index is 12.8. The van der Waals surface area contributed by atoms with E-state index in [4.69, 9.17) is 21.1 Å². The van der Waals surface area contributed by atoms with Crippen LogP contribution in [0.5, 0.6) is 0 Å². The molecule has 0 fully saturated rings. The molecular weight excluding hydrogens is 440 g/mol. The van der Waals surface area contributed by atoms with Crippen LogP contribution in [0.2, 0.25) is 0 Å². The van der Waals surface area contributed by atoms with Gasteiger partial charge in [0.25, 0.3) is 0 Å². The molecule has 0 aromatic heterocycles. The molecule has 33 heavy (non-hydrogen) atoms. The van der Waals surface area contributed by atoms with Crippen molar-refractivity contribution < 1.29 is 44.1 Å². The molecule has 0 heterocycles. The monoisotopic (exact) mass is 466 g/mol. The van der Waals surface area contributed by atoms with Crippen molar-refractivity contribution in [2.75, 3.05) is 0 Å². The van der Waals surface area contributed by atoms with Crippen LogP contribution in [0.25, 0.3) is 0 Å². The second-order valence-electron chi connectivity index (χ2n) is 7.18. The van der Waals surface area contributed by atoms with E-state index in [1.165, 1.54) is 6.92 Å². The standard InChI is InChI=1S/C20H26N4O9/c1-10(17(29)24-14(20(32)33)9-16(27)28)22-19(31)13(7-11-5-3-2-4-6-11)23-18(30)12(21)8-15(25)26/h2-6,10,12-14H,7-9,21H2,1H3,(H,22,31)(H,23,30)(H,24,29)(H,25,26)(H,27,28)(H,32,33). The minimum atomic E-state index is -1.71. The average molecular weight is 466 g/mol. The summed E-state index contributed by atoms with van der Waals surface area (Å²) in [6.07, 6.45) is -1.54. The van der Waals surface area contributed by atoms with Crippen molar-refractivity contribution in [1.29, 1.82) is 0 Å². The van der Waals surface area contributed by atoms with Crippen LogP contribution in [0.3, 0.4) is 0 Å². The van der Waals surface area contributed by atoms with Crippen LogP contribution in [-0.4, -0.2) is 75.1 Å². The van der Waals surface area contributed by atoms with Crippen molar-refractivity contribution in [1.82, 2.24) is 16.0 Å². The summed E-state index contributed by atoms with van der Waals surface area (Å²) in [5.74, 6) is -6.97. The zero-order valence-electron chi connectivity index (χ0n) is 17.7. The van der Waals surface area contributed by atoms with Gasteiger partial charge in [-0.15, -0.1) is 0 Å². The predicted molar refractivity (Wildman–Crippen MR) is 112 cm³/mol. The summed E-state index contributed by atoms with van der Waals surface area (Å²) in [5, 5.41) is 33.3. The van der Waals surface area contributed by atoms with E-state index < -0.39 is 72.6 Å². The van der Waals surface area contributed by atoms with Gasteiger partial charge >= 0.3 is 17.9 Å². The van der Waals surface area contributed by atoms with Crippen molar-refractivity contribution in [2.45, 2.75) is 50.4 Å². The van der Waals surface area contributed by atoms with Crippen LogP contribution < -0.4 is 21.7 Å². The largest absolute Gasteiger partial charge is 0.481 e. The van der Waals surface area contributed by atoms with Gasteiger partial charge in [0.2, 0.25) is 17.7 Å². The maximum atomic E-state index is 12.8. The number of nitrogens with two attached hydrogens (primary N) is 1. The van der Waals surface area contributed by atoms with Crippen LogP contribution in [-0.2, 0) is 35.2 Å². The van der Waals surface area contributed by atoms with Crippen molar-refractivity contribution >= 4 is 35.6 Å². The number of carboxylic acid groups (broad SMARTS) is 3. The van der Waals surface area contributed by atoms with Crippen LogP contribution in [0.1, 0.15) is 25.3 Å². The number of carbonyl (C=O) groups is 6. The lowest BCUT2D eigenvalue weighted by molar-refractivity contribution is -0.147. The minimum absolute atomic E-state index is 0.0106. The van der Waals surface area contributed by atoms with Crippen molar-refractivity contribution in [3.8, 4) is 0 Å². The maximum Gasteiger partial charge on any atom is 0.326 e. The van der Waals surface area contributed by atoms with Crippen molar-refractivity contribution in [3.05, 3.63) is 35.9 Å². The van der Waals surface area contributed by atoms with Crippen LogP contribution in [0, 0.1) is 0 Å². The van der Waals surface area contributed by atoms with Gasteiger partial charge in [-0.25, -0.2) is 4.79 Å². The smallest absolute Gasteiger partial charge is 0.326 e. The van der Waals surface area contributed by atoms with E-state index in [-0.39, 0.29) is 6.42 Å². The third-order valence-electron chi connectivity index (χ3n) is 4.39. The Morgan fingerprint density at radius 1 is 0.788 bits per heavy atom. The summed E-state index contributed by atoms with van der Waals surface area (Å²) in [5.41, 5.74) is 6.19. The van der Waals surface area contributed by atoms with Gasteiger partial charge in [-0.3, -0.25) is 24.0 Å². The molecule has 1 aromatic rings. The minimum Gasteiger partial charge on any atom is -0.481 e. The van der Waals surface area contributed by atoms with Gasteiger partial charge in [-0.05, 0) is 12.5 Å². The van der Waals surface area contributed by atoms with Crippen LogP contribution in [0.4, 0.5) is 0 Å². The molecule has 4 atom stereocenters. The van der Waals surface area contributed by atoms with Gasteiger partial charge in [0.1, 0.15) is 18.1 Å². The molecule has 1 aromatic carbocycles. The molecule has 0 radical (unpaired) electrons. The van der Waals surface area contributed by atoms with E-state index in [0.717, 1.165) is 0 Å². The van der Waals surface area contributed by atoms with Crippen molar-refractivity contribution in [3.63, 3.8) is 0 Å². The molecule has 0 aliphatic rings. The number of carboxylic acids is 3. The third-order valence-corrected chi connectivity index (χ3v) is 4.39. The fourth-order valence-corrected chi connectivity index (χ4v) is 2.67. The summed E-state index contributed by atoms with van der Waals surface area (Å²) in [7, 11) is 0. The number of amides is 3. The fraction of sp³-hybridized carbons (Fsp3) is 0.400. The number of rotatable bonds is 13. The van der Waals surface area contributed by atoms with E-state index in [2.05, 4.69) is 10.6 Å². The molecule has 13 nitrogen and oxygen atoms in total. The van der Waals surface area contributed by atoms with E-state index in [9.17, 15) is 28.8 Å². The van der Waals surface area contributed by atoms with Crippen molar-refractivity contribution in [2.24, 2.45) is 5.73 Å². The lowest BCUT2D eigenvalue weighted by Gasteiger charge is -2.23. The van der Waals surface area contributed by atoms with Gasteiger partial charge in [-0.2, -0.15) is 0 Å². The zero-order chi connectivity index (χ0) is 25.1. The second-order valence-corrected chi connectivity index (χ2v) is 7.18. The highest BCUT2D eigenvalue weighted by atomic mass is 16.4. The Labute approximate surface area is 188 Å². The number of hydrogen-bond acceptors (Lipinski definition) is 7. The normalized spacial score (nSPS) is 14.1. The molecule has 0 spiro atoms. The Balaban J connectivity index is 2.91. The molecule has 0 aliphatic heterocycles. The fourth-order valence-electron chi connectivity index (χ4n) is 2.67. The SMILES string of the molecule is CC(NC(=O)C(Cc1ccccc1)NC(=O)C(N)CC(=O)O)C(=O)NC(CC(=O)O)C(=O)O. The van der Waals surface area contributed by atoms with E-state index in [1.54, 1.807) is 30.3 Å². The van der Waals surface area contributed by atoms with Crippen LogP contribution in [0.15, 0.2) is 30.3 Å². The molecule has 0 bridgehead atoms. The molecule has 0 saturated carbocycles. The first-order valence-corrected chi connectivity index (χ1v) is 9.77. The highest BCUT2D eigenvalue weighted by molar-refractivity contribution is 5.95. The molecule has 13 heteroatoms. The Morgan fingerprint density at radius 3 is 1.85 bits per heavy atom. The Hall–Kier alpha value is -4.00. The van der Waals surface area contributed by atoms with Crippen LogP contribution >= 0.6 is 0 Å². The van der Waals surface area contributed by atoms with Gasteiger partial charge < -0.3 is 37.0 Å². The molecule has 0 aliphatic carbocycles. The number of nitrogens with one attached hydrogen (secondary N) is 3. The molecule has 1 rings (SSSR count). The van der Waals surface area contributed by atoms with Gasteiger partial charge in [0.15, 0.2) is 0 Å². The molecule has 180 valence electrons. The second kappa shape index (κ2) is 12.8. The molecule has 8 N–H and O–H groups in total. The summed E-state index contributed by atoms with van der Waals surface area (Å²) in [4.78, 5) is 69.9. The highest BCUT2D eigenvalue weighted by Gasteiger charge is 2.29. The number of carbonyl (C=O) groups excluding carboxylic acids is 3. The molecule has 3 amide bonds. The van der Waals surface area contributed by atoms with E-state index in [1.807, 2.05) is 5.32 Å². The first-order valence-electron chi connectivity index (χ1n) is 9.77. The lowest BCUT2D eigenvalue weighted by Crippen LogP contribution is -2.57. The number of aliphatic carboxylic acids is 3. The van der Waals surface area contributed by atoms with Gasteiger partial charge in [0.05, 0.1) is 18.9 Å². The van der Waals surface area contributed by atoms with Gasteiger partial charge in [-0.1, -0.05) is 30.3 Å². The number of hydrogen-bond donors (Lipinski definition) is 7. The highest BCUT2D eigenvalue weighted by Crippen LogP contribution is 2.05. The first-order chi connectivity index (χ1) is 15.4. The third kappa shape index (κ3) is 9.78.